The predicted octanol–water partition coefficient (Wildman–Crippen LogP) is 0.460. The first-order valence-electron chi connectivity index (χ1n) is 4.43. The van der Waals surface area contributed by atoms with Crippen LogP contribution in [-0.4, -0.2) is 28.4 Å². The summed E-state index contributed by atoms with van der Waals surface area (Å²) in [7, 11) is 0. The molecule has 1 rings (SSSR count). The smallest absolute Gasteiger partial charge is 0.0472 e. The molecule has 0 saturated carbocycles. The van der Waals surface area contributed by atoms with Crippen molar-refractivity contribution in [3.8, 4) is 0 Å². The summed E-state index contributed by atoms with van der Waals surface area (Å²) in [6, 6.07) is 0. The first-order chi connectivity index (χ1) is 6.29. The molecule has 0 aliphatic rings. The lowest BCUT2D eigenvalue weighted by molar-refractivity contribution is 0.297. The third kappa shape index (κ3) is 2.50. The Morgan fingerprint density at radius 1 is 1.08 bits per heavy atom. The molecule has 13 heavy (non-hydrogen) atoms. The van der Waals surface area contributed by atoms with Crippen LogP contribution in [0.25, 0.3) is 0 Å². The molecule has 2 N–H and O–H groups in total. The normalized spacial score (nSPS) is 10.4. The van der Waals surface area contributed by atoms with Crippen LogP contribution in [0.1, 0.15) is 16.7 Å². The fourth-order valence-corrected chi connectivity index (χ4v) is 1.36. The molecule has 3 heteroatoms. The molecule has 0 aliphatic carbocycles. The van der Waals surface area contributed by atoms with Gasteiger partial charge in [-0.1, -0.05) is 0 Å². The largest absolute Gasteiger partial charge is 0.396 e. The molecule has 0 amide bonds. The Balaban J connectivity index is 2.89. The lowest BCUT2D eigenvalue weighted by Gasteiger charge is -2.08. The Morgan fingerprint density at radius 2 is 1.54 bits per heavy atom. The molecule has 1 aromatic rings. The van der Waals surface area contributed by atoms with Crippen molar-refractivity contribution in [3.63, 3.8) is 0 Å². The summed E-state index contributed by atoms with van der Waals surface area (Å²) < 4.78 is 0. The van der Waals surface area contributed by atoms with Gasteiger partial charge in [-0.2, -0.15) is 0 Å². The van der Waals surface area contributed by atoms with Gasteiger partial charge >= 0.3 is 0 Å². The Morgan fingerprint density at radius 3 is 1.92 bits per heavy atom. The van der Waals surface area contributed by atoms with E-state index in [0.29, 0.717) is 12.8 Å². The number of aromatic nitrogens is 1. The molecular formula is C10H15NO2. The van der Waals surface area contributed by atoms with Gasteiger partial charge in [0.05, 0.1) is 0 Å². The Kier molecular flexibility index (Phi) is 3.86. The van der Waals surface area contributed by atoms with Crippen LogP contribution in [0.2, 0.25) is 0 Å². The maximum atomic E-state index is 8.79. The van der Waals surface area contributed by atoms with E-state index in [9.17, 15) is 0 Å². The topological polar surface area (TPSA) is 53.4 Å². The molecule has 72 valence electrons. The highest BCUT2D eigenvalue weighted by Crippen LogP contribution is 2.12. The van der Waals surface area contributed by atoms with E-state index in [1.54, 1.807) is 12.4 Å². The van der Waals surface area contributed by atoms with Gasteiger partial charge < -0.3 is 10.2 Å². The predicted molar refractivity (Wildman–Crippen MR) is 50.6 cm³/mol. The van der Waals surface area contributed by atoms with Gasteiger partial charge in [-0.05, 0) is 36.5 Å². The minimum atomic E-state index is 0.144. The van der Waals surface area contributed by atoms with Crippen LogP contribution < -0.4 is 0 Å². The van der Waals surface area contributed by atoms with Crippen LogP contribution in [0.4, 0.5) is 0 Å². The first kappa shape index (κ1) is 10.2. The van der Waals surface area contributed by atoms with Crippen molar-refractivity contribution >= 4 is 0 Å². The van der Waals surface area contributed by atoms with Crippen LogP contribution in [0.15, 0.2) is 12.4 Å². The molecule has 0 bridgehead atoms. The van der Waals surface area contributed by atoms with Gasteiger partial charge in [-0.25, -0.2) is 0 Å². The van der Waals surface area contributed by atoms with Gasteiger partial charge in [0.25, 0.3) is 0 Å². The van der Waals surface area contributed by atoms with E-state index in [2.05, 4.69) is 4.98 Å². The van der Waals surface area contributed by atoms with Gasteiger partial charge in [-0.3, -0.25) is 4.98 Å². The lowest BCUT2D eigenvalue weighted by atomic mass is 10.0. The third-order valence-corrected chi connectivity index (χ3v) is 2.19. The number of hydrogen-bond donors (Lipinski definition) is 2. The van der Waals surface area contributed by atoms with Crippen LogP contribution in [0, 0.1) is 6.92 Å². The second kappa shape index (κ2) is 4.94. The summed E-state index contributed by atoms with van der Waals surface area (Å²) in [6.07, 6.45) is 4.81. The summed E-state index contributed by atoms with van der Waals surface area (Å²) in [5.41, 5.74) is 3.26. The molecule has 0 aliphatic heterocycles. The number of rotatable bonds is 4. The lowest BCUT2D eigenvalue weighted by Crippen LogP contribution is -2.01. The minimum Gasteiger partial charge on any atom is -0.396 e. The van der Waals surface area contributed by atoms with Gasteiger partial charge in [0.2, 0.25) is 0 Å². The Bertz CT molecular complexity index is 249. The number of aliphatic hydroxyl groups excluding tert-OH is 2. The minimum absolute atomic E-state index is 0.144. The maximum Gasteiger partial charge on any atom is 0.0472 e. The van der Waals surface area contributed by atoms with Crippen molar-refractivity contribution in [1.29, 1.82) is 0 Å². The van der Waals surface area contributed by atoms with E-state index < -0.39 is 0 Å². The van der Waals surface area contributed by atoms with Crippen molar-refractivity contribution in [2.75, 3.05) is 13.2 Å². The summed E-state index contributed by atoms with van der Waals surface area (Å²) in [5, 5.41) is 17.6. The van der Waals surface area contributed by atoms with E-state index in [1.807, 2.05) is 6.92 Å². The fraction of sp³-hybridized carbons (Fsp3) is 0.500. The highest BCUT2D eigenvalue weighted by molar-refractivity contribution is 5.30. The molecule has 0 spiro atoms. The summed E-state index contributed by atoms with van der Waals surface area (Å²) in [6.45, 7) is 2.29. The standard InChI is InChI=1S/C10H15NO2/c1-8-9(2-4-12)6-11-7-10(8)3-5-13/h6-7,12-13H,2-5H2,1H3. The van der Waals surface area contributed by atoms with Gasteiger partial charge in [0.15, 0.2) is 0 Å². The van der Waals surface area contributed by atoms with Crippen molar-refractivity contribution in [1.82, 2.24) is 4.98 Å². The van der Waals surface area contributed by atoms with E-state index in [0.717, 1.165) is 16.7 Å². The summed E-state index contributed by atoms with van der Waals surface area (Å²) in [4.78, 5) is 4.06. The monoisotopic (exact) mass is 181 g/mol. The molecular weight excluding hydrogens is 166 g/mol. The van der Waals surface area contributed by atoms with Crippen molar-refractivity contribution in [3.05, 3.63) is 29.1 Å². The van der Waals surface area contributed by atoms with Crippen molar-refractivity contribution < 1.29 is 10.2 Å². The van der Waals surface area contributed by atoms with Gasteiger partial charge in [0.1, 0.15) is 0 Å². The fourth-order valence-electron chi connectivity index (χ4n) is 1.36. The van der Waals surface area contributed by atoms with Crippen LogP contribution in [0.3, 0.4) is 0 Å². The van der Waals surface area contributed by atoms with Crippen LogP contribution in [0.5, 0.6) is 0 Å². The van der Waals surface area contributed by atoms with E-state index in [1.165, 1.54) is 0 Å². The van der Waals surface area contributed by atoms with Crippen LogP contribution >= 0.6 is 0 Å². The molecule has 0 radical (unpaired) electrons. The Labute approximate surface area is 78.1 Å². The maximum absolute atomic E-state index is 8.79. The number of aliphatic hydroxyl groups is 2. The van der Waals surface area contributed by atoms with Crippen molar-refractivity contribution in [2.24, 2.45) is 0 Å². The Hall–Kier alpha value is -0.930. The molecule has 1 heterocycles. The van der Waals surface area contributed by atoms with Crippen molar-refractivity contribution in [2.45, 2.75) is 19.8 Å². The average molecular weight is 181 g/mol. The number of hydrogen-bond acceptors (Lipinski definition) is 3. The zero-order valence-electron chi connectivity index (χ0n) is 7.82. The summed E-state index contributed by atoms with van der Waals surface area (Å²) >= 11 is 0. The molecule has 1 aromatic heterocycles. The molecule has 0 atom stereocenters. The second-order valence-corrected chi connectivity index (χ2v) is 3.03. The van der Waals surface area contributed by atoms with Gasteiger partial charge in [0, 0.05) is 25.6 Å². The van der Waals surface area contributed by atoms with E-state index in [-0.39, 0.29) is 13.2 Å². The zero-order valence-corrected chi connectivity index (χ0v) is 7.82. The average Bonchev–Trinajstić information content (AvgIpc) is 2.13. The highest BCUT2D eigenvalue weighted by Gasteiger charge is 2.03. The molecule has 0 saturated heterocycles. The molecule has 0 aromatic carbocycles. The highest BCUT2D eigenvalue weighted by atomic mass is 16.3. The molecule has 0 unspecified atom stereocenters. The quantitative estimate of drug-likeness (QED) is 0.709. The summed E-state index contributed by atoms with van der Waals surface area (Å²) in [5.74, 6) is 0. The van der Waals surface area contributed by atoms with Crippen LogP contribution in [-0.2, 0) is 12.8 Å². The van der Waals surface area contributed by atoms with Gasteiger partial charge in [-0.15, -0.1) is 0 Å². The number of pyridine rings is 1. The van der Waals surface area contributed by atoms with E-state index in [4.69, 9.17) is 10.2 Å². The number of nitrogens with zero attached hydrogens (tertiary/aromatic N) is 1. The SMILES string of the molecule is Cc1c(CCO)cncc1CCO. The molecule has 3 nitrogen and oxygen atoms in total. The first-order valence-corrected chi connectivity index (χ1v) is 4.43. The second-order valence-electron chi connectivity index (χ2n) is 3.03. The molecule has 0 fully saturated rings. The third-order valence-electron chi connectivity index (χ3n) is 2.19. The van der Waals surface area contributed by atoms with E-state index >= 15 is 0 Å². The zero-order chi connectivity index (χ0) is 9.68.